The van der Waals surface area contributed by atoms with Gasteiger partial charge >= 0.3 is 12.2 Å². The first-order valence-electron chi connectivity index (χ1n) is 8.90. The molecule has 9 heteroatoms. The maximum atomic E-state index is 13.5. The van der Waals surface area contributed by atoms with Crippen LogP contribution in [0.4, 0.5) is 29.3 Å². The maximum Gasteiger partial charge on any atom is 0.418 e. The van der Waals surface area contributed by atoms with Crippen LogP contribution < -0.4 is 16.0 Å². The maximum absolute atomic E-state index is 13.5. The molecule has 0 saturated heterocycles. The summed E-state index contributed by atoms with van der Waals surface area (Å²) in [6.45, 7) is 2.12. The second-order valence-electron chi connectivity index (χ2n) is 6.40. The predicted molar refractivity (Wildman–Crippen MR) is 111 cm³/mol. The third-order valence-electron chi connectivity index (χ3n) is 4.09. The zero-order chi connectivity index (χ0) is 21.7. The van der Waals surface area contributed by atoms with Gasteiger partial charge in [0.05, 0.1) is 17.8 Å². The first-order chi connectivity index (χ1) is 14.2. The number of urea groups is 1. The highest BCUT2D eigenvalue weighted by Crippen LogP contribution is 2.36. The average molecular weight is 433 g/mol. The minimum atomic E-state index is -4.72. The lowest BCUT2D eigenvalue weighted by Gasteiger charge is -2.16. The fourth-order valence-electron chi connectivity index (χ4n) is 2.67. The van der Waals surface area contributed by atoms with Crippen LogP contribution in [0.2, 0.25) is 0 Å². The summed E-state index contributed by atoms with van der Waals surface area (Å²) in [5, 5.41) is 7.19. The van der Waals surface area contributed by atoms with E-state index in [4.69, 9.17) is 0 Å². The monoisotopic (exact) mass is 433 g/mol. The van der Waals surface area contributed by atoms with Crippen molar-refractivity contribution in [3.8, 4) is 0 Å². The number of carbonyl (C=O) groups is 2. The molecule has 0 aliphatic heterocycles. The molecule has 0 aliphatic rings. The summed E-state index contributed by atoms with van der Waals surface area (Å²) in [4.78, 5) is 26.2. The molecule has 0 bridgehead atoms. The number of benzene rings is 2. The molecular formula is C21H18F3N3O2S. The number of aryl methyl sites for hydroxylation is 1. The molecule has 0 atom stereocenters. The van der Waals surface area contributed by atoms with E-state index in [2.05, 4.69) is 16.0 Å². The molecule has 0 fully saturated rings. The number of hydrogen-bond donors (Lipinski definition) is 3. The van der Waals surface area contributed by atoms with Crippen LogP contribution in [0.25, 0.3) is 0 Å². The van der Waals surface area contributed by atoms with E-state index in [-0.39, 0.29) is 12.2 Å². The van der Waals surface area contributed by atoms with E-state index >= 15 is 0 Å². The van der Waals surface area contributed by atoms with E-state index in [0.29, 0.717) is 5.56 Å². The minimum absolute atomic E-state index is 0.0313. The first kappa shape index (κ1) is 21.4. The molecule has 2 aromatic carbocycles. The van der Waals surface area contributed by atoms with Gasteiger partial charge in [-0.1, -0.05) is 18.2 Å². The number of carbonyl (C=O) groups excluding carboxylic acids is 2. The van der Waals surface area contributed by atoms with Crippen LogP contribution >= 0.6 is 11.3 Å². The summed E-state index contributed by atoms with van der Waals surface area (Å²) in [5.41, 5.74) is -1.18. The third-order valence-corrected chi connectivity index (χ3v) is 5.09. The third kappa shape index (κ3) is 5.60. The van der Waals surface area contributed by atoms with E-state index in [0.717, 1.165) is 21.9 Å². The van der Waals surface area contributed by atoms with Gasteiger partial charge in [0, 0.05) is 21.0 Å². The number of hydrogen-bond acceptors (Lipinski definition) is 3. The fraction of sp³-hybridized carbons (Fsp3) is 0.143. The van der Waals surface area contributed by atoms with Crippen LogP contribution in [0, 0.1) is 6.92 Å². The van der Waals surface area contributed by atoms with Crippen molar-refractivity contribution in [1.29, 1.82) is 0 Å². The molecule has 0 radical (unpaired) electrons. The summed E-state index contributed by atoms with van der Waals surface area (Å²) in [6.07, 6.45) is -4.72. The molecule has 3 rings (SSSR count). The standard InChI is InChI=1S/C21H18F3N3O2S/c1-13-7-9-16(30-13)12-25-20(29)27-18-10-8-15(11-17(18)21(22,23)24)26-19(28)14-5-3-2-4-6-14/h2-11H,12H2,1H3,(H,26,28)(H2,25,27,29). The van der Waals surface area contributed by atoms with E-state index in [1.807, 2.05) is 19.1 Å². The van der Waals surface area contributed by atoms with Crippen LogP contribution in [-0.4, -0.2) is 11.9 Å². The SMILES string of the molecule is Cc1ccc(CNC(=O)Nc2ccc(NC(=O)c3ccccc3)cc2C(F)(F)F)s1. The average Bonchev–Trinajstić information content (AvgIpc) is 3.12. The van der Waals surface area contributed by atoms with Gasteiger partial charge < -0.3 is 16.0 Å². The molecule has 3 N–H and O–H groups in total. The molecule has 1 aromatic heterocycles. The van der Waals surface area contributed by atoms with Gasteiger partial charge in [-0.2, -0.15) is 13.2 Å². The van der Waals surface area contributed by atoms with Crippen molar-refractivity contribution < 1.29 is 22.8 Å². The summed E-state index contributed by atoms with van der Waals surface area (Å²) in [6, 6.07) is 14.3. The lowest BCUT2D eigenvalue weighted by Crippen LogP contribution is -2.29. The van der Waals surface area contributed by atoms with Gasteiger partial charge in [-0.3, -0.25) is 4.79 Å². The largest absolute Gasteiger partial charge is 0.418 e. The lowest BCUT2D eigenvalue weighted by molar-refractivity contribution is -0.136. The van der Waals surface area contributed by atoms with Crippen molar-refractivity contribution in [2.24, 2.45) is 0 Å². The first-order valence-corrected chi connectivity index (χ1v) is 9.72. The fourth-order valence-corrected chi connectivity index (χ4v) is 3.50. The van der Waals surface area contributed by atoms with Crippen LogP contribution in [0.1, 0.15) is 25.7 Å². The molecule has 30 heavy (non-hydrogen) atoms. The van der Waals surface area contributed by atoms with E-state index < -0.39 is 29.4 Å². The van der Waals surface area contributed by atoms with Crippen molar-refractivity contribution >= 4 is 34.6 Å². The summed E-state index contributed by atoms with van der Waals surface area (Å²) < 4.78 is 40.5. The highest BCUT2D eigenvalue weighted by molar-refractivity contribution is 7.11. The van der Waals surface area contributed by atoms with Gasteiger partial charge in [0.1, 0.15) is 0 Å². The second kappa shape index (κ2) is 9.00. The van der Waals surface area contributed by atoms with Gasteiger partial charge in [0.2, 0.25) is 0 Å². The molecule has 0 aliphatic carbocycles. The predicted octanol–water partition coefficient (Wildman–Crippen LogP) is 5.65. The molecular weight excluding hydrogens is 415 g/mol. The van der Waals surface area contributed by atoms with Gasteiger partial charge in [-0.05, 0) is 49.4 Å². The van der Waals surface area contributed by atoms with Gasteiger partial charge in [0.25, 0.3) is 5.91 Å². The van der Waals surface area contributed by atoms with E-state index in [1.54, 1.807) is 30.3 Å². The van der Waals surface area contributed by atoms with Gasteiger partial charge in [-0.25, -0.2) is 4.79 Å². The summed E-state index contributed by atoms with van der Waals surface area (Å²) in [7, 11) is 0. The van der Waals surface area contributed by atoms with E-state index in [9.17, 15) is 22.8 Å². The molecule has 1 heterocycles. The zero-order valence-electron chi connectivity index (χ0n) is 15.8. The Kier molecular flexibility index (Phi) is 6.41. The van der Waals surface area contributed by atoms with Gasteiger partial charge in [0.15, 0.2) is 0 Å². The Morgan fingerprint density at radius 1 is 0.967 bits per heavy atom. The normalized spacial score (nSPS) is 11.1. The Bertz CT molecular complexity index is 1050. The van der Waals surface area contributed by atoms with Crippen LogP contribution in [0.5, 0.6) is 0 Å². The van der Waals surface area contributed by atoms with Crippen LogP contribution in [0.15, 0.2) is 60.7 Å². The molecule has 0 unspecified atom stereocenters. The number of anilines is 2. The van der Waals surface area contributed by atoms with Crippen molar-refractivity contribution in [3.05, 3.63) is 81.5 Å². The summed E-state index contributed by atoms with van der Waals surface area (Å²) >= 11 is 1.49. The topological polar surface area (TPSA) is 70.2 Å². The number of halogens is 3. The molecule has 5 nitrogen and oxygen atoms in total. The Morgan fingerprint density at radius 3 is 2.33 bits per heavy atom. The van der Waals surface area contributed by atoms with Crippen molar-refractivity contribution in [3.63, 3.8) is 0 Å². The van der Waals surface area contributed by atoms with Crippen LogP contribution in [0.3, 0.4) is 0 Å². The number of amides is 3. The Hall–Kier alpha value is -3.33. The molecule has 156 valence electrons. The van der Waals surface area contributed by atoms with Crippen molar-refractivity contribution in [2.75, 3.05) is 10.6 Å². The number of alkyl halides is 3. The second-order valence-corrected chi connectivity index (χ2v) is 7.77. The molecule has 0 spiro atoms. The quantitative estimate of drug-likeness (QED) is 0.487. The number of nitrogens with one attached hydrogen (secondary N) is 3. The number of thiophene rings is 1. The Morgan fingerprint density at radius 2 is 1.70 bits per heavy atom. The molecule has 3 aromatic rings. The van der Waals surface area contributed by atoms with Crippen molar-refractivity contribution in [1.82, 2.24) is 5.32 Å². The Labute approximate surface area is 174 Å². The minimum Gasteiger partial charge on any atom is -0.333 e. The molecule has 0 saturated carbocycles. The lowest BCUT2D eigenvalue weighted by atomic mass is 10.1. The highest BCUT2D eigenvalue weighted by atomic mass is 32.1. The highest BCUT2D eigenvalue weighted by Gasteiger charge is 2.34. The van der Waals surface area contributed by atoms with Crippen molar-refractivity contribution in [2.45, 2.75) is 19.6 Å². The van der Waals surface area contributed by atoms with E-state index in [1.165, 1.54) is 17.4 Å². The Balaban J connectivity index is 1.72. The molecule has 3 amide bonds. The number of rotatable bonds is 5. The summed E-state index contributed by atoms with van der Waals surface area (Å²) in [5.74, 6) is -0.534. The van der Waals surface area contributed by atoms with Crippen LogP contribution in [-0.2, 0) is 12.7 Å². The zero-order valence-corrected chi connectivity index (χ0v) is 16.7. The van der Waals surface area contributed by atoms with Gasteiger partial charge in [-0.15, -0.1) is 11.3 Å². The smallest absolute Gasteiger partial charge is 0.333 e.